The van der Waals surface area contributed by atoms with E-state index in [-0.39, 0.29) is 13.2 Å². The molecular weight excluding hydrogens is 470 g/mol. The summed E-state index contributed by atoms with van der Waals surface area (Å²) in [7, 11) is 1.76. The highest BCUT2D eigenvalue weighted by Crippen LogP contribution is 2.35. The number of hydrogen-bond donors (Lipinski definition) is 3. The van der Waals surface area contributed by atoms with Gasteiger partial charge in [-0.2, -0.15) is 0 Å². The van der Waals surface area contributed by atoms with Crippen LogP contribution in [0.4, 0.5) is 14.6 Å². The van der Waals surface area contributed by atoms with Crippen molar-refractivity contribution < 1.29 is 23.1 Å². The molecule has 1 aliphatic rings. The maximum atomic E-state index is 13.5. The summed E-state index contributed by atoms with van der Waals surface area (Å²) in [6.07, 6.45) is -3.13. The molecule has 0 amide bonds. The highest BCUT2D eigenvalue weighted by molar-refractivity contribution is 5.75. The molecule has 0 saturated carbocycles. The minimum absolute atomic E-state index is 0.127. The molecule has 3 aromatic rings. The molecule has 3 N–H and O–H groups in total. The number of benzene rings is 1. The molecule has 9 nitrogen and oxygen atoms in total. The van der Waals surface area contributed by atoms with E-state index < -0.39 is 18.6 Å². The molecule has 2 atom stereocenters. The Kier molecular flexibility index (Phi) is 8.12. The Morgan fingerprint density at radius 2 is 2.08 bits per heavy atom. The molecule has 2 unspecified atom stereocenters. The topological polar surface area (TPSA) is 109 Å². The second-order valence-corrected chi connectivity index (χ2v) is 8.94. The predicted octanol–water partition coefficient (Wildman–Crippen LogP) is 2.73. The van der Waals surface area contributed by atoms with Gasteiger partial charge in [-0.15, -0.1) is 0 Å². The van der Waals surface area contributed by atoms with Crippen molar-refractivity contribution in [3.8, 4) is 28.4 Å². The zero-order chi connectivity index (χ0) is 25.8. The summed E-state index contributed by atoms with van der Waals surface area (Å²) >= 11 is 0. The first kappa shape index (κ1) is 25.9. The number of piperazine rings is 1. The number of aromatic nitrogens is 3. The number of alkyl halides is 2. The monoisotopic (exact) mass is 502 g/mol. The molecule has 1 fully saturated rings. The van der Waals surface area contributed by atoms with E-state index in [1.165, 1.54) is 0 Å². The third kappa shape index (κ3) is 5.63. The summed E-state index contributed by atoms with van der Waals surface area (Å²) in [5.41, 5.74) is 3.57. The van der Waals surface area contributed by atoms with Crippen LogP contribution in [0.2, 0.25) is 0 Å². The number of rotatable bonds is 9. The smallest absolute Gasteiger partial charge is 0.255 e. The van der Waals surface area contributed by atoms with Gasteiger partial charge >= 0.3 is 0 Å². The van der Waals surface area contributed by atoms with E-state index in [0.717, 1.165) is 11.1 Å². The van der Waals surface area contributed by atoms with Crippen LogP contribution in [0, 0.1) is 20.8 Å². The molecule has 0 bridgehead atoms. The second kappa shape index (κ2) is 11.3. The van der Waals surface area contributed by atoms with Crippen LogP contribution < -0.4 is 20.3 Å². The second-order valence-electron chi connectivity index (χ2n) is 8.94. The zero-order valence-corrected chi connectivity index (χ0v) is 20.9. The van der Waals surface area contributed by atoms with Crippen LogP contribution in [0.3, 0.4) is 0 Å². The van der Waals surface area contributed by atoms with Gasteiger partial charge in [-0.05, 0) is 40.0 Å². The maximum Gasteiger partial charge on any atom is 0.255 e. The van der Waals surface area contributed by atoms with Crippen molar-refractivity contribution in [3.63, 3.8) is 0 Å². The maximum absolute atomic E-state index is 13.5. The molecule has 11 heteroatoms. The summed E-state index contributed by atoms with van der Waals surface area (Å²) in [5, 5.41) is 19.8. The number of aryl methyl sites for hydroxylation is 2. The van der Waals surface area contributed by atoms with Gasteiger partial charge in [0, 0.05) is 37.3 Å². The van der Waals surface area contributed by atoms with Gasteiger partial charge in [-0.3, -0.25) is 0 Å². The number of likely N-dealkylation sites (N-methyl/N-ethyl adjacent to an activating group) is 1. The van der Waals surface area contributed by atoms with Crippen molar-refractivity contribution in [2.24, 2.45) is 0 Å². The van der Waals surface area contributed by atoms with Gasteiger partial charge in [0.15, 0.2) is 5.82 Å². The number of halogens is 2. The van der Waals surface area contributed by atoms with Crippen molar-refractivity contribution in [2.75, 3.05) is 44.7 Å². The van der Waals surface area contributed by atoms with Gasteiger partial charge in [-0.1, -0.05) is 17.3 Å². The summed E-state index contributed by atoms with van der Waals surface area (Å²) in [6.45, 7) is 7.18. The third-order valence-corrected chi connectivity index (χ3v) is 6.17. The minimum atomic E-state index is -2.48. The van der Waals surface area contributed by atoms with Crippen molar-refractivity contribution in [2.45, 2.75) is 39.3 Å². The lowest BCUT2D eigenvalue weighted by molar-refractivity contribution is 0.0957. The molecule has 36 heavy (non-hydrogen) atoms. The van der Waals surface area contributed by atoms with E-state index in [2.05, 4.69) is 15.8 Å². The van der Waals surface area contributed by atoms with Gasteiger partial charge in [0.1, 0.15) is 30.0 Å². The van der Waals surface area contributed by atoms with Crippen LogP contribution in [0.1, 0.15) is 17.0 Å². The van der Waals surface area contributed by atoms with Gasteiger partial charge in [-0.25, -0.2) is 18.7 Å². The average molecular weight is 503 g/mol. The Morgan fingerprint density at radius 3 is 2.78 bits per heavy atom. The molecule has 4 rings (SSSR count). The van der Waals surface area contributed by atoms with Gasteiger partial charge in [0.25, 0.3) is 6.43 Å². The quantitative estimate of drug-likeness (QED) is 0.407. The Bertz CT molecular complexity index is 1170. The normalized spacial score (nSPS) is 17.0. The number of ether oxygens (including phenoxy) is 1. The Hall–Kier alpha value is -3.15. The van der Waals surface area contributed by atoms with E-state index in [0.29, 0.717) is 59.7 Å². The van der Waals surface area contributed by atoms with Crippen LogP contribution in [0.5, 0.6) is 5.75 Å². The summed E-state index contributed by atoms with van der Waals surface area (Å²) < 4.78 is 38.2. The standard InChI is InChI=1S/C25H32F2N6O3/c1-14-22(21-15(2)32-36-16(21)3)30-24(31-25(14)33-9-8-29-20(12-33)23(26)27)17-6-5-7-19(10-17)35-13-18(34)11-28-4/h5-7,10,18,20,23,28-29,34H,8-9,11-13H2,1-4H3. The molecule has 194 valence electrons. The number of hydrogen-bond acceptors (Lipinski definition) is 9. The number of anilines is 1. The van der Waals surface area contributed by atoms with Crippen LogP contribution in [-0.4, -0.2) is 78.6 Å². The van der Waals surface area contributed by atoms with Crippen molar-refractivity contribution >= 4 is 5.82 Å². The van der Waals surface area contributed by atoms with E-state index in [9.17, 15) is 13.9 Å². The fourth-order valence-electron chi connectivity index (χ4n) is 4.36. The predicted molar refractivity (Wildman–Crippen MR) is 133 cm³/mol. The van der Waals surface area contributed by atoms with E-state index in [1.54, 1.807) is 19.2 Å². The SMILES string of the molecule is CNCC(O)COc1cccc(-c2nc(-c3c(C)noc3C)c(C)c(N3CCNC(C(F)F)C3)n2)c1. The molecule has 1 aliphatic heterocycles. The highest BCUT2D eigenvalue weighted by atomic mass is 19.3. The Balaban J connectivity index is 1.76. The molecule has 3 heterocycles. The van der Waals surface area contributed by atoms with Crippen molar-refractivity contribution in [1.82, 2.24) is 25.8 Å². The first-order chi connectivity index (χ1) is 17.3. The van der Waals surface area contributed by atoms with Crippen molar-refractivity contribution in [1.29, 1.82) is 0 Å². The lowest BCUT2D eigenvalue weighted by Gasteiger charge is -2.35. The third-order valence-electron chi connectivity index (χ3n) is 6.17. The molecule has 0 spiro atoms. The summed E-state index contributed by atoms with van der Waals surface area (Å²) in [5.74, 6) is 2.21. The Labute approximate surface area is 208 Å². The average Bonchev–Trinajstić information content (AvgIpc) is 3.21. The lowest BCUT2D eigenvalue weighted by atomic mass is 10.0. The molecular formula is C25H32F2N6O3. The van der Waals surface area contributed by atoms with E-state index in [1.807, 2.05) is 37.8 Å². The van der Waals surface area contributed by atoms with E-state index >= 15 is 0 Å². The van der Waals surface area contributed by atoms with Gasteiger partial charge in [0.05, 0.1) is 23.0 Å². The fourth-order valence-corrected chi connectivity index (χ4v) is 4.36. The van der Waals surface area contributed by atoms with Crippen LogP contribution >= 0.6 is 0 Å². The molecule has 0 radical (unpaired) electrons. The number of nitrogens with one attached hydrogen (secondary N) is 2. The van der Waals surface area contributed by atoms with Gasteiger partial charge < -0.3 is 29.9 Å². The first-order valence-electron chi connectivity index (χ1n) is 11.9. The van der Waals surface area contributed by atoms with Crippen LogP contribution in [-0.2, 0) is 0 Å². The number of nitrogens with zero attached hydrogens (tertiary/aromatic N) is 4. The molecule has 1 aromatic carbocycles. The minimum Gasteiger partial charge on any atom is -0.491 e. The zero-order valence-electron chi connectivity index (χ0n) is 20.9. The fraction of sp³-hybridized carbons (Fsp3) is 0.480. The number of aliphatic hydroxyl groups is 1. The summed E-state index contributed by atoms with van der Waals surface area (Å²) in [6, 6.07) is 6.34. The molecule has 1 saturated heterocycles. The summed E-state index contributed by atoms with van der Waals surface area (Å²) in [4.78, 5) is 11.6. The van der Waals surface area contributed by atoms with Crippen LogP contribution in [0.25, 0.3) is 22.6 Å². The first-order valence-corrected chi connectivity index (χ1v) is 11.9. The van der Waals surface area contributed by atoms with Crippen LogP contribution in [0.15, 0.2) is 28.8 Å². The van der Waals surface area contributed by atoms with Crippen molar-refractivity contribution in [3.05, 3.63) is 41.3 Å². The molecule has 0 aliphatic carbocycles. The lowest BCUT2D eigenvalue weighted by Crippen LogP contribution is -2.54. The number of aliphatic hydroxyl groups excluding tert-OH is 1. The molecule has 2 aromatic heterocycles. The van der Waals surface area contributed by atoms with Gasteiger partial charge in [0.2, 0.25) is 0 Å². The highest BCUT2D eigenvalue weighted by Gasteiger charge is 2.30. The largest absolute Gasteiger partial charge is 0.491 e. The van der Waals surface area contributed by atoms with E-state index in [4.69, 9.17) is 19.2 Å². The Morgan fingerprint density at radius 1 is 1.28 bits per heavy atom.